The molecular formula is C22H21NO4. The van der Waals surface area contributed by atoms with Gasteiger partial charge in [0.1, 0.15) is 0 Å². The molecule has 0 amide bonds. The first kappa shape index (κ1) is 15.4. The highest BCUT2D eigenvalue weighted by atomic mass is 16.7. The van der Waals surface area contributed by atoms with Gasteiger partial charge in [0, 0.05) is 0 Å². The van der Waals surface area contributed by atoms with Crippen molar-refractivity contribution >= 4 is 11.7 Å². The van der Waals surface area contributed by atoms with Gasteiger partial charge in [-0.3, -0.25) is 0 Å². The number of hydrogen-bond donors (Lipinski definition) is 2. The van der Waals surface area contributed by atoms with E-state index < -0.39 is 5.97 Å². The van der Waals surface area contributed by atoms with Crippen LogP contribution in [0.3, 0.4) is 0 Å². The van der Waals surface area contributed by atoms with E-state index >= 15 is 0 Å². The van der Waals surface area contributed by atoms with Gasteiger partial charge in [0.05, 0.1) is 17.3 Å². The Hall–Kier alpha value is -2.69. The molecule has 0 saturated heterocycles. The number of anilines is 1. The molecule has 6 rings (SSSR count). The van der Waals surface area contributed by atoms with Crippen LogP contribution >= 0.6 is 0 Å². The number of para-hydroxylation sites is 1. The van der Waals surface area contributed by atoms with Gasteiger partial charge in [-0.2, -0.15) is 0 Å². The Morgan fingerprint density at radius 2 is 1.93 bits per heavy atom. The maximum atomic E-state index is 11.8. The Bertz CT molecular complexity index is 955. The van der Waals surface area contributed by atoms with E-state index in [1.54, 1.807) is 6.07 Å². The second kappa shape index (κ2) is 5.41. The first-order valence-electron chi connectivity index (χ1n) is 9.73. The molecule has 2 saturated carbocycles. The molecule has 4 aliphatic rings. The molecule has 2 heterocycles. The molecule has 2 bridgehead atoms. The van der Waals surface area contributed by atoms with Gasteiger partial charge in [-0.25, -0.2) is 4.79 Å². The summed E-state index contributed by atoms with van der Waals surface area (Å²) < 4.78 is 11.1. The number of rotatable bonds is 2. The summed E-state index contributed by atoms with van der Waals surface area (Å²) >= 11 is 0. The predicted octanol–water partition coefficient (Wildman–Crippen LogP) is 4.41. The fourth-order valence-electron chi connectivity index (χ4n) is 6.13. The van der Waals surface area contributed by atoms with Crippen molar-refractivity contribution in [2.75, 3.05) is 12.1 Å². The number of fused-ring (bicyclic) bond motifs is 8. The highest BCUT2D eigenvalue weighted by molar-refractivity contribution is 5.95. The quantitative estimate of drug-likeness (QED) is 0.827. The topological polar surface area (TPSA) is 67.8 Å². The molecule has 2 fully saturated rings. The molecule has 0 unspecified atom stereocenters. The summed E-state index contributed by atoms with van der Waals surface area (Å²) in [6, 6.07) is 12.0. The van der Waals surface area contributed by atoms with Gasteiger partial charge >= 0.3 is 5.97 Å². The lowest BCUT2D eigenvalue weighted by Gasteiger charge is -2.44. The molecule has 2 aliphatic heterocycles. The van der Waals surface area contributed by atoms with Crippen LogP contribution in [-0.2, 0) is 0 Å². The van der Waals surface area contributed by atoms with Crippen LogP contribution in [0.5, 0.6) is 11.5 Å². The van der Waals surface area contributed by atoms with Gasteiger partial charge in [-0.05, 0) is 72.3 Å². The van der Waals surface area contributed by atoms with Crippen molar-refractivity contribution in [1.82, 2.24) is 0 Å². The molecule has 138 valence electrons. The Morgan fingerprint density at radius 3 is 2.81 bits per heavy atom. The zero-order valence-electron chi connectivity index (χ0n) is 14.9. The maximum Gasteiger partial charge on any atom is 0.337 e. The minimum Gasteiger partial charge on any atom is -0.478 e. The average Bonchev–Trinajstić information content (AvgIpc) is 3.42. The lowest BCUT2D eigenvalue weighted by atomic mass is 9.67. The van der Waals surface area contributed by atoms with Gasteiger partial charge < -0.3 is 19.9 Å². The van der Waals surface area contributed by atoms with E-state index in [2.05, 4.69) is 23.5 Å². The van der Waals surface area contributed by atoms with Crippen molar-refractivity contribution in [1.29, 1.82) is 0 Å². The highest BCUT2D eigenvalue weighted by Gasteiger charge is 2.54. The van der Waals surface area contributed by atoms with Gasteiger partial charge in [0.2, 0.25) is 6.79 Å². The summed E-state index contributed by atoms with van der Waals surface area (Å²) in [5.41, 5.74) is 3.54. The zero-order chi connectivity index (χ0) is 18.1. The summed E-state index contributed by atoms with van der Waals surface area (Å²) in [7, 11) is 0. The Labute approximate surface area is 157 Å². The van der Waals surface area contributed by atoms with Crippen LogP contribution in [0.4, 0.5) is 5.69 Å². The third-order valence-corrected chi connectivity index (χ3v) is 7.11. The molecule has 5 nitrogen and oxygen atoms in total. The maximum absolute atomic E-state index is 11.8. The molecule has 2 aromatic carbocycles. The molecule has 0 aromatic heterocycles. The first-order chi connectivity index (χ1) is 13.2. The van der Waals surface area contributed by atoms with Gasteiger partial charge in [-0.1, -0.05) is 18.2 Å². The zero-order valence-corrected chi connectivity index (χ0v) is 14.9. The van der Waals surface area contributed by atoms with E-state index in [1.807, 2.05) is 12.1 Å². The Kier molecular flexibility index (Phi) is 3.08. The number of nitrogens with one attached hydrogen (secondary N) is 1. The van der Waals surface area contributed by atoms with Crippen LogP contribution in [-0.4, -0.2) is 17.9 Å². The Balaban J connectivity index is 1.51. The third-order valence-electron chi connectivity index (χ3n) is 7.11. The minimum absolute atomic E-state index is 0.104. The summed E-state index contributed by atoms with van der Waals surface area (Å²) in [6.07, 6.45) is 3.80. The smallest absolute Gasteiger partial charge is 0.337 e. The molecule has 0 spiro atoms. The van der Waals surface area contributed by atoms with Crippen molar-refractivity contribution in [3.05, 3.63) is 53.1 Å². The second-order valence-electron chi connectivity index (χ2n) is 8.25. The molecular weight excluding hydrogens is 342 g/mol. The van der Waals surface area contributed by atoms with Crippen LogP contribution in [0, 0.1) is 17.8 Å². The number of benzene rings is 2. The molecule has 2 aliphatic carbocycles. The predicted molar refractivity (Wildman–Crippen MR) is 99.4 cm³/mol. The van der Waals surface area contributed by atoms with Crippen LogP contribution in [0.15, 0.2) is 36.4 Å². The lowest BCUT2D eigenvalue weighted by molar-refractivity contribution is 0.0697. The largest absolute Gasteiger partial charge is 0.478 e. The molecule has 2 aromatic rings. The van der Waals surface area contributed by atoms with E-state index in [9.17, 15) is 9.90 Å². The standard InChI is InChI=1S/C22H21NO4/c24-22(25)15-3-1-2-14-18-11-4-5-12(8-11)19(18)20(23-21(14)15)13-6-7-16-17(9-13)27-10-26-16/h1-3,6-7,9,11-12,18-20,23H,4-5,8,10H2,(H,24,25)/t11-,12-,18+,19+,20+/m1/s1. The highest BCUT2D eigenvalue weighted by Crippen LogP contribution is 2.64. The summed E-state index contributed by atoms with van der Waals surface area (Å²) in [5.74, 6) is 3.00. The number of carboxylic acids is 1. The fourth-order valence-corrected chi connectivity index (χ4v) is 6.13. The van der Waals surface area contributed by atoms with Gasteiger partial charge in [0.15, 0.2) is 11.5 Å². The van der Waals surface area contributed by atoms with E-state index in [4.69, 9.17) is 9.47 Å². The van der Waals surface area contributed by atoms with Crippen molar-refractivity contribution in [2.24, 2.45) is 17.8 Å². The molecule has 0 radical (unpaired) electrons. The van der Waals surface area contributed by atoms with Crippen LogP contribution in [0.25, 0.3) is 0 Å². The molecule has 5 atom stereocenters. The number of aromatic carboxylic acids is 1. The molecule has 2 N–H and O–H groups in total. The number of carbonyl (C=O) groups is 1. The normalized spacial score (nSPS) is 31.9. The van der Waals surface area contributed by atoms with E-state index in [1.165, 1.54) is 24.8 Å². The van der Waals surface area contributed by atoms with Crippen LogP contribution in [0.2, 0.25) is 0 Å². The summed E-state index contributed by atoms with van der Waals surface area (Å²) in [4.78, 5) is 11.8. The number of ether oxygens (including phenoxy) is 2. The SMILES string of the molecule is O=C(O)c1cccc2c1N[C@@H](c1ccc3c(c1)OCO3)[C@H]1[C@@H]3CC[C@H](C3)[C@@H]21. The summed E-state index contributed by atoms with van der Waals surface area (Å²) in [6.45, 7) is 0.264. The fraction of sp³-hybridized carbons (Fsp3) is 0.409. The van der Waals surface area contributed by atoms with E-state index in [0.717, 1.165) is 22.7 Å². The van der Waals surface area contributed by atoms with E-state index in [0.29, 0.717) is 29.2 Å². The van der Waals surface area contributed by atoms with Crippen LogP contribution in [0.1, 0.15) is 52.7 Å². The van der Waals surface area contributed by atoms with E-state index in [-0.39, 0.29) is 12.8 Å². The minimum atomic E-state index is -0.870. The van der Waals surface area contributed by atoms with Crippen molar-refractivity contribution in [2.45, 2.75) is 31.2 Å². The average molecular weight is 363 g/mol. The lowest BCUT2D eigenvalue weighted by Crippen LogP contribution is -2.36. The Morgan fingerprint density at radius 1 is 1.07 bits per heavy atom. The van der Waals surface area contributed by atoms with Gasteiger partial charge in [0.25, 0.3) is 0 Å². The number of carboxylic acid groups (broad SMARTS) is 1. The first-order valence-corrected chi connectivity index (χ1v) is 9.73. The summed E-state index contributed by atoms with van der Waals surface area (Å²) in [5, 5.41) is 13.4. The second-order valence-corrected chi connectivity index (χ2v) is 8.25. The van der Waals surface area contributed by atoms with Gasteiger partial charge in [-0.15, -0.1) is 0 Å². The van der Waals surface area contributed by atoms with Crippen LogP contribution < -0.4 is 14.8 Å². The molecule has 27 heavy (non-hydrogen) atoms. The number of hydrogen-bond acceptors (Lipinski definition) is 4. The third kappa shape index (κ3) is 2.08. The van der Waals surface area contributed by atoms with Crippen molar-refractivity contribution < 1.29 is 19.4 Å². The van der Waals surface area contributed by atoms with Crippen molar-refractivity contribution in [3.63, 3.8) is 0 Å². The van der Waals surface area contributed by atoms with Crippen molar-refractivity contribution in [3.8, 4) is 11.5 Å². The molecule has 5 heteroatoms. The monoisotopic (exact) mass is 363 g/mol.